The molecule has 0 saturated carbocycles. The lowest BCUT2D eigenvalue weighted by Crippen LogP contribution is -2.50. The summed E-state index contributed by atoms with van der Waals surface area (Å²) in [6.07, 6.45) is 2.84. The fraction of sp³-hybridized carbons (Fsp3) is 0.923. The number of likely N-dealkylation sites (tertiary alicyclic amines) is 1. The molecule has 2 atom stereocenters. The van der Waals surface area contributed by atoms with Gasteiger partial charge in [0, 0.05) is 12.0 Å². The predicted octanol–water partition coefficient (Wildman–Crippen LogP) is 0.605. The van der Waals surface area contributed by atoms with Gasteiger partial charge in [-0.3, -0.25) is 4.79 Å². The molecule has 4 nitrogen and oxygen atoms in total. The van der Waals surface area contributed by atoms with Gasteiger partial charge in [-0.15, -0.1) is 0 Å². The molecule has 17 heavy (non-hydrogen) atoms. The maximum absolute atomic E-state index is 12.6. The molecule has 2 aliphatic heterocycles. The van der Waals surface area contributed by atoms with Gasteiger partial charge >= 0.3 is 0 Å². The molecule has 1 amide bonds. The van der Waals surface area contributed by atoms with Gasteiger partial charge in [-0.2, -0.15) is 0 Å². The number of nitrogens with zero attached hydrogens (tertiary/aromatic N) is 1. The van der Waals surface area contributed by atoms with Crippen LogP contribution in [0.25, 0.3) is 0 Å². The molecule has 2 unspecified atom stereocenters. The SMILES string of the molecule is CC1CCN(C(=O)C2(C)CCNCC2)C1CO. The zero-order valence-electron chi connectivity index (χ0n) is 10.9. The molecule has 2 N–H and O–H groups in total. The van der Waals surface area contributed by atoms with Crippen molar-refractivity contribution in [1.82, 2.24) is 10.2 Å². The van der Waals surface area contributed by atoms with E-state index >= 15 is 0 Å². The fourth-order valence-electron chi connectivity index (χ4n) is 3.08. The number of amides is 1. The van der Waals surface area contributed by atoms with Crippen LogP contribution in [0.2, 0.25) is 0 Å². The lowest BCUT2D eigenvalue weighted by atomic mass is 9.79. The molecule has 0 aromatic carbocycles. The van der Waals surface area contributed by atoms with E-state index in [-0.39, 0.29) is 24.0 Å². The lowest BCUT2D eigenvalue weighted by molar-refractivity contribution is -0.144. The summed E-state index contributed by atoms with van der Waals surface area (Å²) in [6.45, 7) is 6.97. The topological polar surface area (TPSA) is 52.6 Å². The van der Waals surface area contributed by atoms with Crippen LogP contribution in [0.15, 0.2) is 0 Å². The summed E-state index contributed by atoms with van der Waals surface area (Å²) in [4.78, 5) is 14.6. The molecule has 0 aliphatic carbocycles. The third-order valence-electron chi connectivity index (χ3n) is 4.55. The molecule has 0 bridgehead atoms. The van der Waals surface area contributed by atoms with Crippen molar-refractivity contribution in [3.63, 3.8) is 0 Å². The average molecular weight is 240 g/mol. The monoisotopic (exact) mass is 240 g/mol. The Kier molecular flexibility index (Phi) is 3.73. The lowest BCUT2D eigenvalue weighted by Gasteiger charge is -2.38. The van der Waals surface area contributed by atoms with Crippen molar-refractivity contribution in [2.45, 2.75) is 39.2 Å². The third kappa shape index (κ3) is 2.33. The molecule has 2 saturated heterocycles. The van der Waals surface area contributed by atoms with Gasteiger partial charge in [-0.05, 0) is 38.3 Å². The van der Waals surface area contributed by atoms with E-state index in [2.05, 4.69) is 19.2 Å². The van der Waals surface area contributed by atoms with Gasteiger partial charge in [-0.1, -0.05) is 13.8 Å². The summed E-state index contributed by atoms with van der Waals surface area (Å²) in [6, 6.07) is 0.0363. The minimum Gasteiger partial charge on any atom is -0.394 e. The second-order valence-corrected chi connectivity index (χ2v) is 5.83. The Morgan fingerprint density at radius 3 is 2.71 bits per heavy atom. The van der Waals surface area contributed by atoms with E-state index in [1.807, 2.05) is 4.90 Å². The number of rotatable bonds is 2. The number of carbonyl (C=O) groups excluding carboxylic acids is 1. The van der Waals surface area contributed by atoms with Crippen LogP contribution in [0, 0.1) is 11.3 Å². The summed E-state index contributed by atoms with van der Waals surface area (Å²) >= 11 is 0. The second-order valence-electron chi connectivity index (χ2n) is 5.83. The number of piperidine rings is 1. The van der Waals surface area contributed by atoms with E-state index in [9.17, 15) is 9.90 Å². The molecular formula is C13H24N2O2. The number of aliphatic hydroxyl groups excluding tert-OH is 1. The zero-order valence-corrected chi connectivity index (χ0v) is 10.9. The molecular weight excluding hydrogens is 216 g/mol. The highest BCUT2D eigenvalue weighted by Gasteiger charge is 2.43. The van der Waals surface area contributed by atoms with E-state index in [4.69, 9.17) is 0 Å². The summed E-state index contributed by atoms with van der Waals surface area (Å²) in [7, 11) is 0. The Morgan fingerprint density at radius 1 is 1.47 bits per heavy atom. The van der Waals surface area contributed by atoms with E-state index in [0.29, 0.717) is 5.92 Å². The van der Waals surface area contributed by atoms with E-state index < -0.39 is 0 Å². The van der Waals surface area contributed by atoms with E-state index in [0.717, 1.165) is 38.9 Å². The summed E-state index contributed by atoms with van der Waals surface area (Å²) in [5.74, 6) is 0.677. The molecule has 0 radical (unpaired) electrons. The third-order valence-corrected chi connectivity index (χ3v) is 4.55. The highest BCUT2D eigenvalue weighted by atomic mass is 16.3. The normalized spacial score (nSPS) is 32.8. The summed E-state index contributed by atoms with van der Waals surface area (Å²) in [5.41, 5.74) is -0.220. The Balaban J connectivity index is 2.08. The van der Waals surface area contributed by atoms with Crippen LogP contribution in [0.1, 0.15) is 33.1 Å². The molecule has 2 aliphatic rings. The van der Waals surface area contributed by atoms with Gasteiger partial charge in [0.15, 0.2) is 0 Å². The van der Waals surface area contributed by atoms with Crippen molar-refractivity contribution in [1.29, 1.82) is 0 Å². The standard InChI is InChI=1S/C13H24N2O2/c1-10-3-8-15(11(10)9-16)12(17)13(2)4-6-14-7-5-13/h10-11,14,16H,3-9H2,1-2H3. The van der Waals surface area contributed by atoms with Crippen LogP contribution < -0.4 is 5.32 Å². The van der Waals surface area contributed by atoms with Crippen LogP contribution in [0.4, 0.5) is 0 Å². The van der Waals surface area contributed by atoms with Crippen molar-refractivity contribution >= 4 is 5.91 Å². The smallest absolute Gasteiger partial charge is 0.228 e. The van der Waals surface area contributed by atoms with Crippen molar-refractivity contribution < 1.29 is 9.90 Å². The Morgan fingerprint density at radius 2 is 2.12 bits per heavy atom. The first kappa shape index (κ1) is 12.8. The minimum absolute atomic E-state index is 0.0363. The van der Waals surface area contributed by atoms with Crippen molar-refractivity contribution in [3.05, 3.63) is 0 Å². The largest absolute Gasteiger partial charge is 0.394 e. The summed E-state index contributed by atoms with van der Waals surface area (Å²) < 4.78 is 0. The van der Waals surface area contributed by atoms with Crippen LogP contribution in [-0.4, -0.2) is 48.2 Å². The minimum atomic E-state index is -0.220. The predicted molar refractivity (Wildman–Crippen MR) is 66.6 cm³/mol. The van der Waals surface area contributed by atoms with Crippen molar-refractivity contribution in [2.75, 3.05) is 26.2 Å². The number of carbonyl (C=O) groups is 1. The highest BCUT2D eigenvalue weighted by Crippen LogP contribution is 2.34. The van der Waals surface area contributed by atoms with Gasteiger partial charge in [0.25, 0.3) is 0 Å². The Hall–Kier alpha value is -0.610. The molecule has 0 aromatic heterocycles. The van der Waals surface area contributed by atoms with Gasteiger partial charge in [-0.25, -0.2) is 0 Å². The number of aliphatic hydroxyl groups is 1. The zero-order chi connectivity index (χ0) is 12.5. The highest BCUT2D eigenvalue weighted by molar-refractivity contribution is 5.83. The summed E-state index contributed by atoms with van der Waals surface area (Å²) in [5, 5.41) is 12.7. The second kappa shape index (κ2) is 4.94. The van der Waals surface area contributed by atoms with Crippen LogP contribution >= 0.6 is 0 Å². The molecule has 98 valence electrons. The van der Waals surface area contributed by atoms with Gasteiger partial charge < -0.3 is 15.3 Å². The molecule has 0 aromatic rings. The van der Waals surface area contributed by atoms with Crippen LogP contribution in [0.3, 0.4) is 0 Å². The number of hydrogen-bond acceptors (Lipinski definition) is 3. The van der Waals surface area contributed by atoms with Crippen molar-refractivity contribution in [2.24, 2.45) is 11.3 Å². The molecule has 2 heterocycles. The van der Waals surface area contributed by atoms with Gasteiger partial charge in [0.2, 0.25) is 5.91 Å². The molecule has 4 heteroatoms. The number of hydrogen-bond donors (Lipinski definition) is 2. The Labute approximate surface area is 103 Å². The van der Waals surface area contributed by atoms with Crippen LogP contribution in [0.5, 0.6) is 0 Å². The van der Waals surface area contributed by atoms with Crippen molar-refractivity contribution in [3.8, 4) is 0 Å². The maximum atomic E-state index is 12.6. The van der Waals surface area contributed by atoms with E-state index in [1.165, 1.54) is 0 Å². The van der Waals surface area contributed by atoms with Crippen LogP contribution in [-0.2, 0) is 4.79 Å². The quantitative estimate of drug-likeness (QED) is 0.743. The Bertz CT molecular complexity index is 287. The first-order chi connectivity index (χ1) is 8.08. The molecule has 2 rings (SSSR count). The first-order valence-electron chi connectivity index (χ1n) is 6.71. The fourth-order valence-corrected chi connectivity index (χ4v) is 3.08. The van der Waals surface area contributed by atoms with Gasteiger partial charge in [0.05, 0.1) is 12.6 Å². The first-order valence-corrected chi connectivity index (χ1v) is 6.71. The molecule has 2 fully saturated rings. The van der Waals surface area contributed by atoms with Gasteiger partial charge in [0.1, 0.15) is 0 Å². The molecule has 0 spiro atoms. The maximum Gasteiger partial charge on any atom is 0.228 e. The number of nitrogens with one attached hydrogen (secondary N) is 1. The van der Waals surface area contributed by atoms with E-state index in [1.54, 1.807) is 0 Å². The average Bonchev–Trinajstić information content (AvgIpc) is 2.70.